The lowest BCUT2D eigenvalue weighted by atomic mass is 9.98. The molecule has 2 rings (SSSR count). The van der Waals surface area contributed by atoms with E-state index >= 15 is 0 Å². The molecule has 1 aliphatic heterocycles. The maximum atomic E-state index is 12.3. The van der Waals surface area contributed by atoms with Crippen LogP contribution in [-0.4, -0.2) is 39.5 Å². The van der Waals surface area contributed by atoms with Crippen LogP contribution in [0.3, 0.4) is 0 Å². The monoisotopic (exact) mass is 314 g/mol. The van der Waals surface area contributed by atoms with E-state index in [2.05, 4.69) is 15.9 Å². The third-order valence-corrected chi connectivity index (χ3v) is 3.68. The number of piperidine rings is 1. The highest BCUT2D eigenvalue weighted by atomic mass is 79.9. The molecule has 1 fully saturated rings. The Bertz CT molecular complexity index is 484. The highest BCUT2D eigenvalue weighted by Crippen LogP contribution is 2.21. The van der Waals surface area contributed by atoms with Gasteiger partial charge in [-0.25, -0.2) is 0 Å². The fourth-order valence-electron chi connectivity index (χ4n) is 2.26. The average Bonchev–Trinajstić information content (AvgIpc) is 2.67. The smallest absolute Gasteiger partial charge is 0.308 e. The maximum absolute atomic E-state index is 12.3. The molecule has 0 spiro atoms. The number of carboxylic acids is 1. The van der Waals surface area contributed by atoms with Crippen LogP contribution in [0.5, 0.6) is 0 Å². The average molecular weight is 315 g/mol. The third kappa shape index (κ3) is 2.58. The van der Waals surface area contributed by atoms with Crippen LogP contribution in [0.4, 0.5) is 0 Å². The summed E-state index contributed by atoms with van der Waals surface area (Å²) in [6, 6.07) is 1.76. The molecular formula is C12H15BrN2O3. The number of rotatable bonds is 2. The van der Waals surface area contributed by atoms with Crippen LogP contribution in [0.2, 0.25) is 0 Å². The lowest BCUT2D eigenvalue weighted by Gasteiger charge is -2.30. The first-order valence-corrected chi connectivity index (χ1v) is 6.62. The summed E-state index contributed by atoms with van der Waals surface area (Å²) in [7, 11) is 1.80. The number of carbonyl (C=O) groups is 2. The van der Waals surface area contributed by atoms with Crippen molar-refractivity contribution in [1.82, 2.24) is 9.47 Å². The molecule has 5 nitrogen and oxygen atoms in total. The largest absolute Gasteiger partial charge is 0.481 e. The van der Waals surface area contributed by atoms with E-state index in [0.717, 1.165) is 10.9 Å². The van der Waals surface area contributed by atoms with Gasteiger partial charge in [-0.3, -0.25) is 9.59 Å². The maximum Gasteiger partial charge on any atom is 0.308 e. The highest BCUT2D eigenvalue weighted by Gasteiger charge is 2.29. The van der Waals surface area contributed by atoms with E-state index in [0.29, 0.717) is 25.2 Å². The molecular weight excluding hydrogens is 300 g/mol. The van der Waals surface area contributed by atoms with Gasteiger partial charge in [-0.2, -0.15) is 0 Å². The van der Waals surface area contributed by atoms with Crippen LogP contribution in [0, 0.1) is 5.92 Å². The van der Waals surface area contributed by atoms with Gasteiger partial charge in [0.05, 0.1) is 5.92 Å². The molecule has 1 amide bonds. The van der Waals surface area contributed by atoms with Gasteiger partial charge in [-0.15, -0.1) is 0 Å². The molecule has 1 atom stereocenters. The van der Waals surface area contributed by atoms with Gasteiger partial charge >= 0.3 is 5.97 Å². The standard InChI is InChI=1S/C12H15BrN2O3/c1-14-7-9(13)5-10(14)11(16)15-4-2-3-8(6-15)12(17)18/h5,7-8H,2-4,6H2,1H3,(H,17,18). The minimum Gasteiger partial charge on any atom is -0.481 e. The molecule has 1 aromatic rings. The van der Waals surface area contributed by atoms with E-state index in [4.69, 9.17) is 5.11 Å². The lowest BCUT2D eigenvalue weighted by molar-refractivity contribution is -0.143. The molecule has 0 saturated carbocycles. The molecule has 0 radical (unpaired) electrons. The molecule has 0 aromatic carbocycles. The fraction of sp³-hybridized carbons (Fsp3) is 0.500. The predicted molar refractivity (Wildman–Crippen MR) is 69.4 cm³/mol. The number of aliphatic carboxylic acids is 1. The normalized spacial score (nSPS) is 19.9. The Labute approximate surface area is 114 Å². The molecule has 2 heterocycles. The van der Waals surface area contributed by atoms with Crippen LogP contribution < -0.4 is 0 Å². The van der Waals surface area contributed by atoms with Gasteiger partial charge in [0.15, 0.2) is 0 Å². The van der Waals surface area contributed by atoms with Crippen molar-refractivity contribution < 1.29 is 14.7 Å². The van der Waals surface area contributed by atoms with Crippen LogP contribution in [0.25, 0.3) is 0 Å². The summed E-state index contributed by atoms with van der Waals surface area (Å²) in [6.45, 7) is 0.933. The van der Waals surface area contributed by atoms with Crippen molar-refractivity contribution >= 4 is 27.8 Å². The van der Waals surface area contributed by atoms with Crippen LogP contribution in [-0.2, 0) is 11.8 Å². The summed E-state index contributed by atoms with van der Waals surface area (Å²) in [6.07, 6.45) is 3.20. The first-order chi connectivity index (χ1) is 8.49. The van der Waals surface area contributed by atoms with Crippen molar-refractivity contribution in [2.24, 2.45) is 13.0 Å². The Balaban J connectivity index is 2.14. The second-order valence-corrected chi connectivity index (χ2v) is 5.50. The van der Waals surface area contributed by atoms with E-state index < -0.39 is 11.9 Å². The molecule has 1 aliphatic rings. The minimum atomic E-state index is -0.819. The van der Waals surface area contributed by atoms with E-state index in [1.54, 1.807) is 22.6 Å². The Morgan fingerprint density at radius 1 is 1.50 bits per heavy atom. The summed E-state index contributed by atoms with van der Waals surface area (Å²) in [5.74, 6) is -1.36. The number of likely N-dealkylation sites (tertiary alicyclic amines) is 1. The Hall–Kier alpha value is -1.30. The number of halogens is 1. The third-order valence-electron chi connectivity index (χ3n) is 3.25. The first-order valence-electron chi connectivity index (χ1n) is 5.83. The Morgan fingerprint density at radius 3 is 2.78 bits per heavy atom. The molecule has 1 saturated heterocycles. The van der Waals surface area contributed by atoms with Crippen molar-refractivity contribution in [3.05, 3.63) is 22.4 Å². The second-order valence-electron chi connectivity index (χ2n) is 4.58. The summed E-state index contributed by atoms with van der Waals surface area (Å²) in [5.41, 5.74) is 0.577. The van der Waals surface area contributed by atoms with Crippen molar-refractivity contribution in [3.8, 4) is 0 Å². The number of amides is 1. The van der Waals surface area contributed by atoms with Crippen molar-refractivity contribution in [2.45, 2.75) is 12.8 Å². The Kier molecular flexibility index (Phi) is 3.75. The molecule has 0 aliphatic carbocycles. The van der Waals surface area contributed by atoms with Gasteiger partial charge in [0.25, 0.3) is 5.91 Å². The van der Waals surface area contributed by atoms with Gasteiger partial charge < -0.3 is 14.6 Å². The van der Waals surface area contributed by atoms with E-state index in [1.165, 1.54) is 0 Å². The van der Waals surface area contributed by atoms with Crippen molar-refractivity contribution in [2.75, 3.05) is 13.1 Å². The molecule has 1 unspecified atom stereocenters. The predicted octanol–water partition coefficient (Wildman–Crippen LogP) is 1.72. The summed E-state index contributed by atoms with van der Waals surface area (Å²) in [4.78, 5) is 24.9. The fourth-order valence-corrected chi connectivity index (χ4v) is 2.79. The van der Waals surface area contributed by atoms with Crippen LogP contribution in [0.1, 0.15) is 23.3 Å². The highest BCUT2D eigenvalue weighted by molar-refractivity contribution is 9.10. The van der Waals surface area contributed by atoms with Crippen molar-refractivity contribution in [3.63, 3.8) is 0 Å². The number of hydrogen-bond donors (Lipinski definition) is 1. The van der Waals surface area contributed by atoms with Crippen molar-refractivity contribution in [1.29, 1.82) is 0 Å². The zero-order valence-electron chi connectivity index (χ0n) is 10.1. The molecule has 0 bridgehead atoms. The minimum absolute atomic E-state index is 0.103. The van der Waals surface area contributed by atoms with Gasteiger partial charge in [-0.05, 0) is 34.8 Å². The van der Waals surface area contributed by atoms with Crippen LogP contribution in [0.15, 0.2) is 16.7 Å². The summed E-state index contributed by atoms with van der Waals surface area (Å²) < 4.78 is 2.59. The number of aromatic nitrogens is 1. The number of carboxylic acid groups (broad SMARTS) is 1. The molecule has 18 heavy (non-hydrogen) atoms. The zero-order valence-corrected chi connectivity index (χ0v) is 11.7. The van der Waals surface area contributed by atoms with Gasteiger partial charge in [0.2, 0.25) is 0 Å². The van der Waals surface area contributed by atoms with E-state index in [-0.39, 0.29) is 5.91 Å². The second kappa shape index (κ2) is 5.14. The number of carbonyl (C=O) groups excluding carboxylic acids is 1. The first kappa shape index (κ1) is 13.1. The lowest BCUT2D eigenvalue weighted by Crippen LogP contribution is -2.42. The van der Waals surface area contributed by atoms with E-state index in [1.807, 2.05) is 6.20 Å². The zero-order chi connectivity index (χ0) is 13.3. The Morgan fingerprint density at radius 2 is 2.22 bits per heavy atom. The van der Waals surface area contributed by atoms with Gasteiger partial charge in [-0.1, -0.05) is 0 Å². The van der Waals surface area contributed by atoms with Gasteiger partial charge in [0.1, 0.15) is 5.69 Å². The molecule has 1 aromatic heterocycles. The number of hydrogen-bond acceptors (Lipinski definition) is 2. The molecule has 6 heteroatoms. The molecule has 1 N–H and O–H groups in total. The number of nitrogens with zero attached hydrogens (tertiary/aromatic N) is 2. The molecule has 98 valence electrons. The summed E-state index contributed by atoms with van der Waals surface area (Å²) in [5, 5.41) is 9.02. The van der Waals surface area contributed by atoms with E-state index in [9.17, 15) is 9.59 Å². The SMILES string of the molecule is Cn1cc(Br)cc1C(=O)N1CCCC(C(=O)O)C1. The van der Waals surface area contributed by atoms with Gasteiger partial charge in [0, 0.05) is 30.8 Å². The summed E-state index contributed by atoms with van der Waals surface area (Å²) >= 11 is 3.32. The quantitative estimate of drug-likeness (QED) is 0.904. The topological polar surface area (TPSA) is 62.5 Å². The number of aryl methyl sites for hydroxylation is 1. The van der Waals surface area contributed by atoms with Crippen LogP contribution >= 0.6 is 15.9 Å².